The molecular weight excluding hydrogens is 334 g/mol. The summed E-state index contributed by atoms with van der Waals surface area (Å²) in [5.74, 6) is 0.691. The number of pyridine rings is 1. The number of ether oxygens (including phenoxy) is 1. The molecule has 2 aromatic heterocycles. The fourth-order valence-corrected chi connectivity index (χ4v) is 4.77. The fourth-order valence-electron chi connectivity index (χ4n) is 3.79. The molecule has 4 rings (SSSR count). The van der Waals surface area contributed by atoms with Crippen LogP contribution < -0.4 is 4.74 Å². The topological polar surface area (TPSA) is 66.2 Å². The first kappa shape index (κ1) is 16.1. The quantitative estimate of drug-likeness (QED) is 0.847. The average Bonchev–Trinajstić information content (AvgIpc) is 3.29. The average molecular weight is 353 g/mol. The Kier molecular flexibility index (Phi) is 4.18. The SMILES string of the molecule is N#Cc1ccnc(OC2CN(C(=O)C3(c4cccs4)CCCC3)C2)c1. The summed E-state index contributed by atoms with van der Waals surface area (Å²) in [7, 11) is 0. The van der Waals surface area contributed by atoms with E-state index >= 15 is 0 Å². The standard InChI is InChI=1S/C19H19N3O2S/c20-11-14-5-8-21-17(10-14)24-15-12-22(13-15)18(23)19(6-1-2-7-19)16-4-3-9-25-16/h3-5,8-10,15H,1-2,6-7,12-13H2. The smallest absolute Gasteiger partial charge is 0.234 e. The van der Waals surface area contributed by atoms with E-state index in [1.54, 1.807) is 29.7 Å². The van der Waals surface area contributed by atoms with Crippen LogP contribution in [0.2, 0.25) is 0 Å². The molecule has 1 amide bonds. The van der Waals surface area contributed by atoms with E-state index in [-0.39, 0.29) is 17.4 Å². The number of carbonyl (C=O) groups excluding carboxylic acids is 1. The van der Waals surface area contributed by atoms with Crippen molar-refractivity contribution in [3.63, 3.8) is 0 Å². The van der Waals surface area contributed by atoms with E-state index in [2.05, 4.69) is 22.5 Å². The van der Waals surface area contributed by atoms with Gasteiger partial charge in [-0.15, -0.1) is 11.3 Å². The van der Waals surface area contributed by atoms with Crippen LogP contribution in [0.15, 0.2) is 35.8 Å². The van der Waals surface area contributed by atoms with Crippen molar-refractivity contribution in [2.75, 3.05) is 13.1 Å². The molecule has 128 valence electrons. The molecule has 0 unspecified atom stereocenters. The zero-order valence-corrected chi connectivity index (χ0v) is 14.7. The highest BCUT2D eigenvalue weighted by molar-refractivity contribution is 7.10. The van der Waals surface area contributed by atoms with Crippen molar-refractivity contribution in [2.24, 2.45) is 0 Å². The molecule has 3 heterocycles. The van der Waals surface area contributed by atoms with Gasteiger partial charge in [0.15, 0.2) is 0 Å². The van der Waals surface area contributed by atoms with Crippen LogP contribution in [0.5, 0.6) is 5.88 Å². The van der Waals surface area contributed by atoms with Crippen LogP contribution in [0.1, 0.15) is 36.1 Å². The Morgan fingerprint density at radius 1 is 1.36 bits per heavy atom. The molecule has 2 fully saturated rings. The van der Waals surface area contributed by atoms with Crippen LogP contribution in [0.3, 0.4) is 0 Å². The Hall–Kier alpha value is -2.39. The van der Waals surface area contributed by atoms with Crippen LogP contribution in [0.25, 0.3) is 0 Å². The maximum Gasteiger partial charge on any atom is 0.234 e. The molecule has 1 aliphatic carbocycles. The summed E-state index contributed by atoms with van der Waals surface area (Å²) < 4.78 is 5.81. The van der Waals surface area contributed by atoms with Gasteiger partial charge in [-0.25, -0.2) is 4.98 Å². The van der Waals surface area contributed by atoms with E-state index in [1.807, 2.05) is 11.0 Å². The first-order valence-corrected chi connectivity index (χ1v) is 9.45. The van der Waals surface area contributed by atoms with Gasteiger partial charge in [0.2, 0.25) is 11.8 Å². The van der Waals surface area contributed by atoms with Crippen molar-refractivity contribution in [1.29, 1.82) is 5.26 Å². The number of carbonyl (C=O) groups is 1. The lowest BCUT2D eigenvalue weighted by Gasteiger charge is -2.43. The summed E-state index contributed by atoms with van der Waals surface area (Å²) in [6.45, 7) is 1.18. The summed E-state index contributed by atoms with van der Waals surface area (Å²) in [6, 6.07) is 9.49. The summed E-state index contributed by atoms with van der Waals surface area (Å²) >= 11 is 1.69. The Morgan fingerprint density at radius 2 is 2.16 bits per heavy atom. The molecule has 0 N–H and O–H groups in total. The first-order valence-electron chi connectivity index (χ1n) is 8.57. The number of likely N-dealkylation sites (tertiary alicyclic amines) is 1. The van der Waals surface area contributed by atoms with Gasteiger partial charge >= 0.3 is 0 Å². The Bertz CT molecular complexity index is 800. The molecule has 2 aliphatic rings. The predicted molar refractivity (Wildman–Crippen MR) is 94.4 cm³/mol. The lowest BCUT2D eigenvalue weighted by atomic mass is 9.82. The molecule has 6 heteroatoms. The van der Waals surface area contributed by atoms with Gasteiger partial charge in [-0.1, -0.05) is 18.9 Å². The summed E-state index contributed by atoms with van der Waals surface area (Å²) in [4.78, 5) is 20.4. The van der Waals surface area contributed by atoms with E-state index in [9.17, 15) is 4.79 Å². The van der Waals surface area contributed by atoms with E-state index in [0.29, 0.717) is 24.5 Å². The lowest BCUT2D eigenvalue weighted by molar-refractivity contribution is -0.146. The van der Waals surface area contributed by atoms with Gasteiger partial charge in [0.1, 0.15) is 6.10 Å². The van der Waals surface area contributed by atoms with E-state index in [0.717, 1.165) is 25.7 Å². The molecule has 0 aromatic carbocycles. The van der Waals surface area contributed by atoms with Crippen LogP contribution in [-0.2, 0) is 10.2 Å². The zero-order chi connectivity index (χ0) is 17.3. The second-order valence-electron chi connectivity index (χ2n) is 6.71. The van der Waals surface area contributed by atoms with Crippen molar-refractivity contribution in [2.45, 2.75) is 37.2 Å². The minimum Gasteiger partial charge on any atom is -0.471 e. The third-order valence-corrected chi connectivity index (χ3v) is 6.22. The minimum absolute atomic E-state index is 0.0489. The molecule has 1 saturated heterocycles. The number of thiophene rings is 1. The lowest BCUT2D eigenvalue weighted by Crippen LogP contribution is -2.60. The molecule has 1 aliphatic heterocycles. The summed E-state index contributed by atoms with van der Waals surface area (Å²) in [5.41, 5.74) is 0.206. The molecule has 0 radical (unpaired) electrons. The van der Waals surface area contributed by atoms with Crippen LogP contribution >= 0.6 is 11.3 Å². The number of hydrogen-bond acceptors (Lipinski definition) is 5. The predicted octanol–water partition coefficient (Wildman–Crippen LogP) is 3.12. The minimum atomic E-state index is -0.321. The number of hydrogen-bond donors (Lipinski definition) is 0. The molecule has 0 spiro atoms. The highest BCUT2D eigenvalue weighted by Crippen LogP contribution is 2.45. The van der Waals surface area contributed by atoms with Crippen molar-refractivity contribution in [1.82, 2.24) is 9.88 Å². The number of aromatic nitrogens is 1. The number of amides is 1. The van der Waals surface area contributed by atoms with Gasteiger partial charge in [-0.05, 0) is 30.4 Å². The maximum atomic E-state index is 13.2. The highest BCUT2D eigenvalue weighted by Gasteiger charge is 2.48. The van der Waals surface area contributed by atoms with E-state index < -0.39 is 0 Å². The fraction of sp³-hybridized carbons (Fsp3) is 0.421. The van der Waals surface area contributed by atoms with Gasteiger partial charge in [-0.3, -0.25) is 4.79 Å². The van der Waals surface area contributed by atoms with Gasteiger partial charge < -0.3 is 9.64 Å². The van der Waals surface area contributed by atoms with Crippen LogP contribution in [0.4, 0.5) is 0 Å². The first-order chi connectivity index (χ1) is 12.2. The molecule has 0 bridgehead atoms. The van der Waals surface area contributed by atoms with Gasteiger partial charge in [0.05, 0.1) is 30.1 Å². The van der Waals surface area contributed by atoms with Crippen LogP contribution in [0, 0.1) is 11.3 Å². The Morgan fingerprint density at radius 3 is 2.84 bits per heavy atom. The third kappa shape index (κ3) is 2.89. The second-order valence-corrected chi connectivity index (χ2v) is 7.66. The summed E-state index contributed by atoms with van der Waals surface area (Å²) in [5, 5.41) is 11.0. The van der Waals surface area contributed by atoms with E-state index in [4.69, 9.17) is 10.00 Å². The maximum absolute atomic E-state index is 13.2. The van der Waals surface area contributed by atoms with Crippen molar-refractivity contribution in [3.05, 3.63) is 46.3 Å². The molecule has 0 atom stereocenters. The Balaban J connectivity index is 1.41. The van der Waals surface area contributed by atoms with E-state index in [1.165, 1.54) is 4.88 Å². The number of rotatable bonds is 4. The molecule has 5 nitrogen and oxygen atoms in total. The van der Waals surface area contributed by atoms with Crippen LogP contribution in [-0.4, -0.2) is 35.0 Å². The van der Waals surface area contributed by atoms with Crippen molar-refractivity contribution in [3.8, 4) is 11.9 Å². The Labute approximate surface area is 150 Å². The molecular formula is C19H19N3O2S. The largest absolute Gasteiger partial charge is 0.471 e. The van der Waals surface area contributed by atoms with Gasteiger partial charge in [0, 0.05) is 17.1 Å². The monoisotopic (exact) mass is 353 g/mol. The van der Waals surface area contributed by atoms with Crippen molar-refractivity contribution >= 4 is 17.2 Å². The number of nitriles is 1. The number of nitrogens with zero attached hydrogens (tertiary/aromatic N) is 3. The highest BCUT2D eigenvalue weighted by atomic mass is 32.1. The molecule has 25 heavy (non-hydrogen) atoms. The van der Waals surface area contributed by atoms with Crippen molar-refractivity contribution < 1.29 is 9.53 Å². The third-order valence-electron chi connectivity index (χ3n) is 5.15. The summed E-state index contributed by atoms with van der Waals surface area (Å²) in [6.07, 6.45) is 5.64. The zero-order valence-electron chi connectivity index (χ0n) is 13.9. The van der Waals surface area contributed by atoms with Gasteiger partial charge in [-0.2, -0.15) is 5.26 Å². The second kappa shape index (κ2) is 6.49. The molecule has 2 aromatic rings. The van der Waals surface area contributed by atoms with Gasteiger partial charge in [0.25, 0.3) is 0 Å². The molecule has 1 saturated carbocycles. The normalized spacial score (nSPS) is 19.2.